The molecule has 0 saturated carbocycles. The monoisotopic (exact) mass is 392 g/mol. The molecule has 4 rings (SSSR count). The molecule has 0 spiro atoms. The maximum absolute atomic E-state index is 12.7. The van der Waals surface area contributed by atoms with Gasteiger partial charge in [-0.25, -0.2) is 9.97 Å². The number of amides is 1. The number of aryl methyl sites for hydroxylation is 1. The van der Waals surface area contributed by atoms with E-state index in [4.69, 9.17) is 4.74 Å². The Morgan fingerprint density at radius 1 is 1.21 bits per heavy atom. The first-order valence-corrected chi connectivity index (χ1v) is 9.67. The third-order valence-electron chi connectivity index (χ3n) is 5.01. The van der Waals surface area contributed by atoms with Gasteiger partial charge in [0, 0.05) is 31.9 Å². The van der Waals surface area contributed by atoms with Crippen LogP contribution in [0.5, 0.6) is 5.75 Å². The zero-order valence-electron chi connectivity index (χ0n) is 16.6. The van der Waals surface area contributed by atoms with Gasteiger partial charge in [0.05, 0.1) is 19.3 Å². The lowest BCUT2D eigenvalue weighted by atomic mass is 10.1. The van der Waals surface area contributed by atoms with Crippen LogP contribution in [0.2, 0.25) is 0 Å². The Morgan fingerprint density at radius 2 is 2.03 bits per heavy atom. The third-order valence-corrected chi connectivity index (χ3v) is 5.01. The van der Waals surface area contributed by atoms with Gasteiger partial charge in [0.1, 0.15) is 23.1 Å². The summed E-state index contributed by atoms with van der Waals surface area (Å²) in [6.07, 6.45) is 4.12. The zero-order valence-corrected chi connectivity index (χ0v) is 16.6. The summed E-state index contributed by atoms with van der Waals surface area (Å²) in [4.78, 5) is 23.8. The molecule has 0 radical (unpaired) electrons. The van der Waals surface area contributed by atoms with E-state index < -0.39 is 0 Å². The molecule has 150 valence electrons. The molecule has 8 nitrogen and oxygen atoms in total. The number of carbonyl (C=O) groups excluding carboxylic acids is 1. The Kier molecular flexibility index (Phi) is 5.41. The van der Waals surface area contributed by atoms with Crippen LogP contribution in [0, 0.1) is 0 Å². The van der Waals surface area contributed by atoms with E-state index in [0.717, 1.165) is 30.2 Å². The first-order chi connectivity index (χ1) is 14.1. The third kappa shape index (κ3) is 4.21. The Balaban J connectivity index is 1.45. The number of anilines is 1. The molecule has 0 bridgehead atoms. The minimum atomic E-state index is -0.218. The number of hydrogen-bond donors (Lipinski definition) is 1. The number of methoxy groups -OCH3 is 1. The highest BCUT2D eigenvalue weighted by Gasteiger charge is 2.16. The van der Waals surface area contributed by atoms with Crippen molar-refractivity contribution in [2.75, 3.05) is 25.1 Å². The van der Waals surface area contributed by atoms with E-state index in [2.05, 4.69) is 25.3 Å². The van der Waals surface area contributed by atoms with Crippen LogP contribution in [0.3, 0.4) is 0 Å². The fourth-order valence-corrected chi connectivity index (χ4v) is 3.45. The highest BCUT2D eigenvalue weighted by atomic mass is 16.5. The second-order valence-corrected chi connectivity index (χ2v) is 6.98. The van der Waals surface area contributed by atoms with Crippen molar-refractivity contribution in [2.24, 2.45) is 7.05 Å². The molecule has 1 aromatic carbocycles. The van der Waals surface area contributed by atoms with Crippen molar-refractivity contribution in [1.82, 2.24) is 25.1 Å². The molecule has 1 N–H and O–H groups in total. The second kappa shape index (κ2) is 8.30. The Labute approximate surface area is 169 Å². The lowest BCUT2D eigenvalue weighted by molar-refractivity contribution is 0.0940. The van der Waals surface area contributed by atoms with Crippen molar-refractivity contribution in [1.29, 1.82) is 0 Å². The van der Waals surface area contributed by atoms with Crippen LogP contribution < -0.4 is 15.0 Å². The fraction of sp³-hybridized carbons (Fsp3) is 0.333. The van der Waals surface area contributed by atoms with Crippen LogP contribution in [-0.2, 0) is 13.6 Å². The summed E-state index contributed by atoms with van der Waals surface area (Å²) < 4.78 is 6.84. The zero-order chi connectivity index (χ0) is 20.2. The fourth-order valence-electron chi connectivity index (χ4n) is 3.45. The Hall–Kier alpha value is -3.42. The van der Waals surface area contributed by atoms with Crippen LogP contribution in [0.1, 0.15) is 29.2 Å². The van der Waals surface area contributed by atoms with E-state index >= 15 is 0 Å². The van der Waals surface area contributed by atoms with Crippen LogP contribution in [0.25, 0.3) is 11.3 Å². The second-order valence-electron chi connectivity index (χ2n) is 6.98. The number of aromatic nitrogens is 4. The molecule has 3 heterocycles. The molecule has 2 aromatic heterocycles. The molecule has 1 fully saturated rings. The first kappa shape index (κ1) is 18.9. The molecule has 0 unspecified atom stereocenters. The molecular weight excluding hydrogens is 368 g/mol. The average molecular weight is 392 g/mol. The smallest absolute Gasteiger partial charge is 0.269 e. The lowest BCUT2D eigenvalue weighted by Crippen LogP contribution is -2.26. The van der Waals surface area contributed by atoms with Gasteiger partial charge in [-0.15, -0.1) is 0 Å². The van der Waals surface area contributed by atoms with Gasteiger partial charge in [0.25, 0.3) is 5.91 Å². The molecule has 1 aliphatic heterocycles. The van der Waals surface area contributed by atoms with Crippen LogP contribution in [-0.4, -0.2) is 45.9 Å². The molecular formula is C21H24N6O2. The van der Waals surface area contributed by atoms with E-state index in [1.807, 2.05) is 30.3 Å². The molecule has 8 heteroatoms. The van der Waals surface area contributed by atoms with Crippen LogP contribution >= 0.6 is 0 Å². The SMILES string of the molecule is COc1cccc(-c2cc(C(=O)NCc3nccc(N4CCCC4)n3)n(C)n2)c1. The van der Waals surface area contributed by atoms with Crippen LogP contribution in [0.4, 0.5) is 5.82 Å². The first-order valence-electron chi connectivity index (χ1n) is 9.67. The van der Waals surface area contributed by atoms with Gasteiger partial charge in [-0.2, -0.15) is 5.10 Å². The van der Waals surface area contributed by atoms with Gasteiger partial charge < -0.3 is 15.0 Å². The highest BCUT2D eigenvalue weighted by Crippen LogP contribution is 2.23. The molecule has 1 aliphatic rings. The Bertz CT molecular complexity index is 1010. The van der Waals surface area contributed by atoms with Gasteiger partial charge in [0.15, 0.2) is 0 Å². The largest absolute Gasteiger partial charge is 0.497 e. The van der Waals surface area contributed by atoms with E-state index in [-0.39, 0.29) is 12.5 Å². The Morgan fingerprint density at radius 3 is 2.83 bits per heavy atom. The molecule has 0 atom stereocenters. The van der Waals surface area contributed by atoms with Gasteiger partial charge >= 0.3 is 0 Å². The van der Waals surface area contributed by atoms with Crippen molar-refractivity contribution < 1.29 is 9.53 Å². The summed E-state index contributed by atoms with van der Waals surface area (Å²) in [6.45, 7) is 2.30. The van der Waals surface area contributed by atoms with Crippen LogP contribution in [0.15, 0.2) is 42.6 Å². The summed E-state index contributed by atoms with van der Waals surface area (Å²) in [6, 6.07) is 11.3. The number of carbonyl (C=O) groups is 1. The highest BCUT2D eigenvalue weighted by molar-refractivity contribution is 5.93. The number of nitrogens with zero attached hydrogens (tertiary/aromatic N) is 5. The number of nitrogens with one attached hydrogen (secondary N) is 1. The van der Waals surface area contributed by atoms with Crippen molar-refractivity contribution in [3.63, 3.8) is 0 Å². The normalized spacial score (nSPS) is 13.5. The minimum absolute atomic E-state index is 0.218. The maximum atomic E-state index is 12.7. The van der Waals surface area contributed by atoms with Crippen molar-refractivity contribution >= 4 is 11.7 Å². The predicted octanol–water partition coefficient (Wildman–Crippen LogP) is 2.42. The standard InChI is InChI=1S/C21H24N6O2/c1-26-18(13-17(25-26)15-6-5-7-16(12-15)29-2)21(28)23-14-19-22-9-8-20(24-19)27-10-3-4-11-27/h5-9,12-13H,3-4,10-11,14H2,1-2H3,(H,23,28). The number of hydrogen-bond acceptors (Lipinski definition) is 6. The van der Waals surface area contributed by atoms with Gasteiger partial charge in [-0.05, 0) is 37.1 Å². The topological polar surface area (TPSA) is 85.2 Å². The quantitative estimate of drug-likeness (QED) is 0.693. The van der Waals surface area contributed by atoms with E-state index in [1.54, 1.807) is 31.1 Å². The van der Waals surface area contributed by atoms with E-state index in [9.17, 15) is 4.79 Å². The summed E-state index contributed by atoms with van der Waals surface area (Å²) in [5.41, 5.74) is 2.07. The van der Waals surface area contributed by atoms with Gasteiger partial charge in [-0.1, -0.05) is 12.1 Å². The van der Waals surface area contributed by atoms with Gasteiger partial charge in [0.2, 0.25) is 0 Å². The summed E-state index contributed by atoms with van der Waals surface area (Å²) >= 11 is 0. The van der Waals surface area contributed by atoms with Crippen molar-refractivity contribution in [3.8, 4) is 17.0 Å². The number of benzene rings is 1. The molecule has 1 saturated heterocycles. The van der Waals surface area contributed by atoms with E-state index in [0.29, 0.717) is 17.2 Å². The van der Waals surface area contributed by atoms with Crippen molar-refractivity contribution in [2.45, 2.75) is 19.4 Å². The predicted molar refractivity (Wildman–Crippen MR) is 110 cm³/mol. The summed E-state index contributed by atoms with van der Waals surface area (Å²) in [5, 5.41) is 7.35. The molecule has 1 amide bonds. The molecule has 3 aromatic rings. The summed E-state index contributed by atoms with van der Waals surface area (Å²) in [5.74, 6) is 2.04. The molecule has 0 aliphatic carbocycles. The van der Waals surface area contributed by atoms with Crippen molar-refractivity contribution in [3.05, 3.63) is 54.1 Å². The number of rotatable bonds is 6. The molecule has 29 heavy (non-hydrogen) atoms. The number of ether oxygens (including phenoxy) is 1. The van der Waals surface area contributed by atoms with Gasteiger partial charge in [-0.3, -0.25) is 9.48 Å². The average Bonchev–Trinajstić information content (AvgIpc) is 3.42. The minimum Gasteiger partial charge on any atom is -0.497 e. The van der Waals surface area contributed by atoms with E-state index in [1.165, 1.54) is 12.8 Å². The summed E-state index contributed by atoms with van der Waals surface area (Å²) in [7, 11) is 3.38. The maximum Gasteiger partial charge on any atom is 0.269 e. The lowest BCUT2D eigenvalue weighted by Gasteiger charge is -2.16.